The molecular formula is C42H46O2. The number of hydrogen-bond acceptors (Lipinski definition) is 2. The standard InChI is InChI=1S/C42H46O2/c1-5-9-11-27(7-3)17-29-13-15-31-21-35-37-25-42-38(26-41(37)43-39(35)23-33(31)19-29)36-22-32-16-14-30(18-28(8-4)12-10-6-2)20-34(32)24-40(36)44-42/h13-16,19-28H,5-12,17-18H2,1-4H3. The summed E-state index contributed by atoms with van der Waals surface area (Å²) >= 11 is 0. The molecule has 2 atom stereocenters. The van der Waals surface area contributed by atoms with Crippen molar-refractivity contribution in [3.05, 3.63) is 83.9 Å². The Kier molecular flexibility index (Phi) is 8.10. The fraction of sp³-hybridized carbons (Fsp3) is 0.381. The average molecular weight is 583 g/mol. The zero-order valence-electron chi connectivity index (χ0n) is 27.0. The zero-order chi connectivity index (χ0) is 30.2. The van der Waals surface area contributed by atoms with Gasteiger partial charge in [0.25, 0.3) is 0 Å². The van der Waals surface area contributed by atoms with Gasteiger partial charge in [0, 0.05) is 21.5 Å². The first kappa shape index (κ1) is 29.0. The molecule has 0 amide bonds. The highest BCUT2D eigenvalue weighted by molar-refractivity contribution is 6.18. The number of benzene rings is 5. The molecule has 0 spiro atoms. The maximum absolute atomic E-state index is 6.52. The molecule has 0 aliphatic rings. The Morgan fingerprint density at radius 2 is 0.864 bits per heavy atom. The summed E-state index contributed by atoms with van der Waals surface area (Å²) in [6.45, 7) is 9.23. The minimum Gasteiger partial charge on any atom is -0.456 e. The van der Waals surface area contributed by atoms with Crippen molar-refractivity contribution in [2.75, 3.05) is 0 Å². The van der Waals surface area contributed by atoms with E-state index in [0.29, 0.717) is 0 Å². The van der Waals surface area contributed by atoms with Crippen molar-refractivity contribution in [3.8, 4) is 0 Å². The maximum Gasteiger partial charge on any atom is 0.136 e. The van der Waals surface area contributed by atoms with Gasteiger partial charge in [0.1, 0.15) is 22.3 Å². The third-order valence-electron chi connectivity index (χ3n) is 10.2. The van der Waals surface area contributed by atoms with Gasteiger partial charge in [-0.15, -0.1) is 0 Å². The Morgan fingerprint density at radius 1 is 0.455 bits per heavy atom. The smallest absolute Gasteiger partial charge is 0.136 e. The first-order chi connectivity index (χ1) is 21.6. The highest BCUT2D eigenvalue weighted by Crippen LogP contribution is 2.39. The fourth-order valence-corrected chi connectivity index (χ4v) is 7.44. The summed E-state index contributed by atoms with van der Waals surface area (Å²) in [5, 5.41) is 9.58. The van der Waals surface area contributed by atoms with E-state index in [1.54, 1.807) is 0 Å². The van der Waals surface area contributed by atoms with Crippen LogP contribution in [0, 0.1) is 11.8 Å². The van der Waals surface area contributed by atoms with Crippen LogP contribution in [0.3, 0.4) is 0 Å². The highest BCUT2D eigenvalue weighted by Gasteiger charge is 2.16. The first-order valence-corrected chi connectivity index (χ1v) is 17.2. The average Bonchev–Trinajstić information content (AvgIpc) is 3.57. The predicted molar refractivity (Wildman–Crippen MR) is 190 cm³/mol. The van der Waals surface area contributed by atoms with Crippen LogP contribution >= 0.6 is 0 Å². The van der Waals surface area contributed by atoms with Gasteiger partial charge in [0.15, 0.2) is 0 Å². The maximum atomic E-state index is 6.52. The second kappa shape index (κ2) is 12.3. The lowest BCUT2D eigenvalue weighted by atomic mass is 9.91. The van der Waals surface area contributed by atoms with Crippen LogP contribution in [0.1, 0.15) is 90.2 Å². The molecule has 5 aromatic carbocycles. The van der Waals surface area contributed by atoms with Gasteiger partial charge < -0.3 is 8.83 Å². The summed E-state index contributed by atoms with van der Waals surface area (Å²) in [4.78, 5) is 0. The van der Waals surface area contributed by atoms with Gasteiger partial charge in [-0.3, -0.25) is 0 Å². The number of furan rings is 2. The molecular weight excluding hydrogens is 536 g/mol. The van der Waals surface area contributed by atoms with E-state index in [4.69, 9.17) is 8.83 Å². The number of hydrogen-bond donors (Lipinski definition) is 0. The molecule has 0 bridgehead atoms. The molecule has 0 saturated carbocycles. The van der Waals surface area contributed by atoms with E-state index in [0.717, 1.165) is 68.6 Å². The van der Waals surface area contributed by atoms with Gasteiger partial charge in [-0.2, -0.15) is 0 Å². The normalized spacial score (nSPS) is 13.7. The Morgan fingerprint density at radius 3 is 1.27 bits per heavy atom. The van der Waals surface area contributed by atoms with Gasteiger partial charge in [0.05, 0.1) is 0 Å². The minimum atomic E-state index is 0.760. The van der Waals surface area contributed by atoms with Crippen LogP contribution < -0.4 is 0 Å². The summed E-state index contributed by atoms with van der Waals surface area (Å²) in [7, 11) is 0. The lowest BCUT2D eigenvalue weighted by Crippen LogP contribution is -2.03. The van der Waals surface area contributed by atoms with E-state index in [-0.39, 0.29) is 0 Å². The number of unbranched alkanes of at least 4 members (excludes halogenated alkanes) is 2. The molecule has 2 unspecified atom stereocenters. The Balaban J connectivity index is 1.24. The minimum absolute atomic E-state index is 0.760. The lowest BCUT2D eigenvalue weighted by molar-refractivity contribution is 0.449. The topological polar surface area (TPSA) is 26.3 Å². The Bertz CT molecular complexity index is 1940. The van der Waals surface area contributed by atoms with E-state index >= 15 is 0 Å². The summed E-state index contributed by atoms with van der Waals surface area (Å²) in [5.74, 6) is 1.52. The fourth-order valence-electron chi connectivity index (χ4n) is 7.44. The van der Waals surface area contributed by atoms with Gasteiger partial charge >= 0.3 is 0 Å². The third-order valence-corrected chi connectivity index (χ3v) is 10.2. The van der Waals surface area contributed by atoms with E-state index in [1.165, 1.54) is 84.0 Å². The highest BCUT2D eigenvalue weighted by atomic mass is 16.3. The summed E-state index contributed by atoms with van der Waals surface area (Å²) in [5.41, 5.74) is 6.60. The van der Waals surface area contributed by atoms with Crippen LogP contribution in [0.5, 0.6) is 0 Å². The van der Waals surface area contributed by atoms with Crippen LogP contribution in [0.2, 0.25) is 0 Å². The first-order valence-electron chi connectivity index (χ1n) is 17.2. The van der Waals surface area contributed by atoms with Gasteiger partial charge in [-0.1, -0.05) is 115 Å². The van der Waals surface area contributed by atoms with Crippen LogP contribution in [0.4, 0.5) is 0 Å². The molecule has 2 aromatic heterocycles. The molecule has 0 N–H and O–H groups in total. The van der Waals surface area contributed by atoms with Gasteiger partial charge in [0.2, 0.25) is 0 Å². The van der Waals surface area contributed by atoms with Crippen LogP contribution in [0.25, 0.3) is 65.4 Å². The molecule has 0 fully saturated rings. The molecule has 226 valence electrons. The van der Waals surface area contributed by atoms with Gasteiger partial charge in [-0.05, 0) is 93.7 Å². The van der Waals surface area contributed by atoms with Crippen molar-refractivity contribution in [2.24, 2.45) is 11.8 Å². The molecule has 44 heavy (non-hydrogen) atoms. The van der Waals surface area contributed by atoms with Crippen molar-refractivity contribution in [1.82, 2.24) is 0 Å². The van der Waals surface area contributed by atoms with Crippen molar-refractivity contribution >= 4 is 65.4 Å². The molecule has 2 nitrogen and oxygen atoms in total. The summed E-state index contributed by atoms with van der Waals surface area (Å²) < 4.78 is 13.0. The molecule has 0 aliphatic carbocycles. The number of fused-ring (bicyclic) bond motifs is 8. The largest absolute Gasteiger partial charge is 0.456 e. The molecule has 0 aliphatic heterocycles. The van der Waals surface area contributed by atoms with E-state index < -0.39 is 0 Å². The summed E-state index contributed by atoms with van der Waals surface area (Å²) in [6.07, 6.45) is 12.6. The second-order valence-corrected chi connectivity index (χ2v) is 13.3. The lowest BCUT2D eigenvalue weighted by Gasteiger charge is -2.14. The molecule has 2 heterocycles. The van der Waals surface area contributed by atoms with E-state index in [2.05, 4.69) is 100 Å². The monoisotopic (exact) mass is 582 g/mol. The molecule has 7 rings (SSSR count). The third kappa shape index (κ3) is 5.49. The number of rotatable bonds is 12. The summed E-state index contributed by atoms with van der Waals surface area (Å²) in [6, 6.07) is 27.4. The SMILES string of the molecule is CCCCC(CC)Cc1ccc2cc3c(cc2c1)oc1cc2c(cc13)oc1cc3cc(CC(CC)CCCC)ccc3cc12. The van der Waals surface area contributed by atoms with Crippen molar-refractivity contribution in [1.29, 1.82) is 0 Å². The zero-order valence-corrected chi connectivity index (χ0v) is 27.0. The molecule has 7 aromatic rings. The molecule has 2 heteroatoms. The van der Waals surface area contributed by atoms with Crippen LogP contribution in [0.15, 0.2) is 81.6 Å². The van der Waals surface area contributed by atoms with Crippen molar-refractivity contribution < 1.29 is 8.83 Å². The van der Waals surface area contributed by atoms with Gasteiger partial charge in [-0.25, -0.2) is 0 Å². The second-order valence-electron chi connectivity index (χ2n) is 13.3. The van der Waals surface area contributed by atoms with Crippen molar-refractivity contribution in [2.45, 2.75) is 91.9 Å². The van der Waals surface area contributed by atoms with Crippen LogP contribution in [-0.4, -0.2) is 0 Å². The molecule has 0 radical (unpaired) electrons. The van der Waals surface area contributed by atoms with Crippen LogP contribution in [-0.2, 0) is 12.8 Å². The predicted octanol–water partition coefficient (Wildman–Crippen LogP) is 13.3. The van der Waals surface area contributed by atoms with E-state index in [1.807, 2.05) is 0 Å². The van der Waals surface area contributed by atoms with Crippen molar-refractivity contribution in [3.63, 3.8) is 0 Å². The Labute approximate surface area is 261 Å². The van der Waals surface area contributed by atoms with E-state index in [9.17, 15) is 0 Å². The Hall–Kier alpha value is -3.78. The quantitative estimate of drug-likeness (QED) is 0.143. The molecule has 0 saturated heterocycles.